The van der Waals surface area contributed by atoms with Gasteiger partial charge in [0.05, 0.1) is 12.0 Å². The van der Waals surface area contributed by atoms with Crippen LogP contribution < -0.4 is 9.46 Å². The number of sulfonamides is 1. The number of ether oxygens (including phenoxy) is 1. The van der Waals surface area contributed by atoms with E-state index in [9.17, 15) is 8.42 Å². The molecule has 0 radical (unpaired) electrons. The number of anilines is 1. The quantitative estimate of drug-likeness (QED) is 0.797. The second-order valence-corrected chi connectivity index (χ2v) is 7.17. The van der Waals surface area contributed by atoms with E-state index in [1.165, 1.54) is 6.07 Å². The highest BCUT2D eigenvalue weighted by Crippen LogP contribution is 2.23. The van der Waals surface area contributed by atoms with E-state index >= 15 is 0 Å². The number of nitrogens with one attached hydrogen (secondary N) is 1. The summed E-state index contributed by atoms with van der Waals surface area (Å²) in [4.78, 5) is 0.217. The molecule has 0 amide bonds. The maximum absolute atomic E-state index is 12.3. The molecule has 0 aliphatic heterocycles. The largest absolute Gasteiger partial charge is 0.496 e. The summed E-state index contributed by atoms with van der Waals surface area (Å²) in [5.74, 6) is 0.665. The molecule has 0 saturated carbocycles. The van der Waals surface area contributed by atoms with Gasteiger partial charge in [-0.15, -0.1) is 0 Å². The number of rotatable bonds is 4. The standard InChI is InChI=1S/C14H14INO3S/c1-10-9-13(7-8-14(10)19-2)20(17,18)16-12-5-3-11(15)4-6-12/h3-9,16H,1-2H3. The molecule has 0 aliphatic carbocycles. The lowest BCUT2D eigenvalue weighted by Crippen LogP contribution is -2.13. The van der Waals surface area contributed by atoms with E-state index in [1.807, 2.05) is 19.1 Å². The van der Waals surface area contributed by atoms with Gasteiger partial charge in [-0.2, -0.15) is 0 Å². The van der Waals surface area contributed by atoms with Gasteiger partial charge in [0.25, 0.3) is 10.0 Å². The van der Waals surface area contributed by atoms with Crippen LogP contribution in [0, 0.1) is 10.5 Å². The van der Waals surface area contributed by atoms with Crippen LogP contribution in [0.3, 0.4) is 0 Å². The molecule has 0 aliphatic rings. The zero-order valence-electron chi connectivity index (χ0n) is 11.1. The molecule has 0 heterocycles. The predicted molar refractivity (Wildman–Crippen MR) is 87.7 cm³/mol. The molecule has 0 aromatic heterocycles. The fraction of sp³-hybridized carbons (Fsp3) is 0.143. The van der Waals surface area contributed by atoms with Crippen molar-refractivity contribution in [2.45, 2.75) is 11.8 Å². The second kappa shape index (κ2) is 6.01. The predicted octanol–water partition coefficient (Wildman–Crippen LogP) is 3.41. The van der Waals surface area contributed by atoms with Gasteiger partial charge in [0.2, 0.25) is 0 Å². The highest BCUT2D eigenvalue weighted by atomic mass is 127. The van der Waals surface area contributed by atoms with Gasteiger partial charge in [-0.25, -0.2) is 8.42 Å². The molecular formula is C14H14INO3S. The minimum absolute atomic E-state index is 0.217. The third-order valence-electron chi connectivity index (χ3n) is 2.77. The van der Waals surface area contributed by atoms with Crippen LogP contribution in [0.15, 0.2) is 47.4 Å². The van der Waals surface area contributed by atoms with Crippen LogP contribution in [0.25, 0.3) is 0 Å². The van der Waals surface area contributed by atoms with E-state index < -0.39 is 10.0 Å². The van der Waals surface area contributed by atoms with Crippen LogP contribution in [-0.2, 0) is 10.0 Å². The lowest BCUT2D eigenvalue weighted by atomic mass is 10.2. The average molecular weight is 403 g/mol. The number of aryl methyl sites for hydroxylation is 1. The van der Waals surface area contributed by atoms with E-state index in [2.05, 4.69) is 27.3 Å². The van der Waals surface area contributed by atoms with Crippen LogP contribution in [-0.4, -0.2) is 15.5 Å². The van der Waals surface area contributed by atoms with Gasteiger partial charge in [0, 0.05) is 9.26 Å². The molecule has 4 nitrogen and oxygen atoms in total. The highest BCUT2D eigenvalue weighted by molar-refractivity contribution is 14.1. The molecule has 0 saturated heterocycles. The van der Waals surface area contributed by atoms with Gasteiger partial charge in [-0.1, -0.05) is 0 Å². The van der Waals surface area contributed by atoms with Crippen molar-refractivity contribution in [3.05, 3.63) is 51.6 Å². The van der Waals surface area contributed by atoms with Crippen LogP contribution in [0.5, 0.6) is 5.75 Å². The topological polar surface area (TPSA) is 55.4 Å². The summed E-state index contributed by atoms with van der Waals surface area (Å²) < 4.78 is 33.3. The zero-order valence-corrected chi connectivity index (χ0v) is 14.0. The second-order valence-electron chi connectivity index (χ2n) is 4.24. The smallest absolute Gasteiger partial charge is 0.261 e. The normalized spacial score (nSPS) is 11.2. The van der Waals surface area contributed by atoms with Crippen molar-refractivity contribution in [1.82, 2.24) is 0 Å². The van der Waals surface area contributed by atoms with Crippen molar-refractivity contribution in [2.75, 3.05) is 11.8 Å². The molecule has 0 bridgehead atoms. The van der Waals surface area contributed by atoms with E-state index in [1.54, 1.807) is 31.4 Å². The number of benzene rings is 2. The fourth-order valence-electron chi connectivity index (χ4n) is 1.75. The number of hydrogen-bond donors (Lipinski definition) is 1. The Labute approximate surface area is 132 Å². The lowest BCUT2D eigenvalue weighted by molar-refractivity contribution is 0.411. The summed E-state index contributed by atoms with van der Waals surface area (Å²) in [5, 5.41) is 0. The Bertz CT molecular complexity index is 712. The first-order chi connectivity index (χ1) is 9.42. The summed E-state index contributed by atoms with van der Waals surface area (Å²) in [7, 11) is -2.03. The summed E-state index contributed by atoms with van der Waals surface area (Å²) in [5.41, 5.74) is 1.32. The molecule has 0 atom stereocenters. The van der Waals surface area contributed by atoms with Crippen molar-refractivity contribution in [3.8, 4) is 5.75 Å². The third-order valence-corrected chi connectivity index (χ3v) is 4.87. The SMILES string of the molecule is COc1ccc(S(=O)(=O)Nc2ccc(I)cc2)cc1C. The van der Waals surface area contributed by atoms with Crippen molar-refractivity contribution in [2.24, 2.45) is 0 Å². The zero-order chi connectivity index (χ0) is 14.8. The molecule has 0 unspecified atom stereocenters. The molecule has 20 heavy (non-hydrogen) atoms. The van der Waals surface area contributed by atoms with Gasteiger partial charge in [0.15, 0.2) is 0 Å². The van der Waals surface area contributed by atoms with E-state index in [0.717, 1.165) is 9.13 Å². The number of hydrogen-bond acceptors (Lipinski definition) is 3. The molecule has 6 heteroatoms. The Morgan fingerprint density at radius 1 is 1.10 bits per heavy atom. The Morgan fingerprint density at radius 3 is 2.30 bits per heavy atom. The number of methoxy groups -OCH3 is 1. The Kier molecular flexibility index (Phi) is 4.54. The maximum atomic E-state index is 12.3. The summed E-state index contributed by atoms with van der Waals surface area (Å²) >= 11 is 2.17. The third kappa shape index (κ3) is 3.43. The van der Waals surface area contributed by atoms with Crippen LogP contribution in [0.2, 0.25) is 0 Å². The summed E-state index contributed by atoms with van der Waals surface area (Å²) in [6, 6.07) is 11.9. The van der Waals surface area contributed by atoms with Gasteiger partial charge >= 0.3 is 0 Å². The number of halogens is 1. The van der Waals surface area contributed by atoms with E-state index in [0.29, 0.717) is 11.4 Å². The Balaban J connectivity index is 2.30. The van der Waals surface area contributed by atoms with Crippen LogP contribution in [0.4, 0.5) is 5.69 Å². The van der Waals surface area contributed by atoms with Gasteiger partial charge in [-0.05, 0) is 77.5 Å². The van der Waals surface area contributed by atoms with Gasteiger partial charge in [0.1, 0.15) is 5.75 Å². The van der Waals surface area contributed by atoms with E-state index in [-0.39, 0.29) is 4.90 Å². The van der Waals surface area contributed by atoms with E-state index in [4.69, 9.17) is 4.74 Å². The Hall–Kier alpha value is -1.28. The monoisotopic (exact) mass is 403 g/mol. The summed E-state index contributed by atoms with van der Waals surface area (Å²) in [6.45, 7) is 1.81. The van der Waals surface area contributed by atoms with Crippen LogP contribution in [0.1, 0.15) is 5.56 Å². The van der Waals surface area contributed by atoms with Gasteiger partial charge < -0.3 is 4.74 Å². The molecule has 0 fully saturated rings. The van der Waals surface area contributed by atoms with Crippen molar-refractivity contribution >= 4 is 38.3 Å². The minimum Gasteiger partial charge on any atom is -0.496 e. The fourth-order valence-corrected chi connectivity index (χ4v) is 3.25. The molecule has 1 N–H and O–H groups in total. The molecular weight excluding hydrogens is 389 g/mol. The minimum atomic E-state index is -3.58. The average Bonchev–Trinajstić information content (AvgIpc) is 2.41. The van der Waals surface area contributed by atoms with Gasteiger partial charge in [-0.3, -0.25) is 4.72 Å². The molecule has 0 spiro atoms. The van der Waals surface area contributed by atoms with Crippen LogP contribution >= 0.6 is 22.6 Å². The first-order valence-electron chi connectivity index (χ1n) is 5.85. The lowest BCUT2D eigenvalue weighted by Gasteiger charge is -2.10. The van der Waals surface area contributed by atoms with Crippen molar-refractivity contribution < 1.29 is 13.2 Å². The first-order valence-corrected chi connectivity index (χ1v) is 8.41. The first kappa shape index (κ1) is 15.1. The molecule has 2 aromatic rings. The van der Waals surface area contributed by atoms with Crippen molar-refractivity contribution in [3.63, 3.8) is 0 Å². The molecule has 2 rings (SSSR count). The maximum Gasteiger partial charge on any atom is 0.261 e. The highest BCUT2D eigenvalue weighted by Gasteiger charge is 2.15. The summed E-state index contributed by atoms with van der Waals surface area (Å²) in [6.07, 6.45) is 0. The van der Waals surface area contributed by atoms with Crippen molar-refractivity contribution in [1.29, 1.82) is 0 Å². The molecule has 2 aromatic carbocycles. The Morgan fingerprint density at radius 2 is 1.75 bits per heavy atom. The molecule has 106 valence electrons.